The van der Waals surface area contributed by atoms with E-state index in [1.165, 1.54) is 193 Å². The number of hydrogen-bond donors (Lipinski definition) is 2. The summed E-state index contributed by atoms with van der Waals surface area (Å²) in [5.41, 5.74) is 0. The Morgan fingerprint density at radius 1 is 0.400 bits per heavy atom. The first-order chi connectivity index (χ1) is 24.5. The molecule has 0 aromatic rings. The van der Waals surface area contributed by atoms with Crippen molar-refractivity contribution in [1.29, 1.82) is 0 Å². The van der Waals surface area contributed by atoms with Crippen molar-refractivity contribution in [2.45, 2.75) is 258 Å². The van der Waals surface area contributed by atoms with Crippen LogP contribution in [0.2, 0.25) is 0 Å². The van der Waals surface area contributed by atoms with Gasteiger partial charge in [0, 0.05) is 6.42 Å². The molecule has 0 spiro atoms. The standard InChI is InChI=1S/C46H88O4/c1-3-5-7-9-10-11-12-13-14-15-16-17-18-19-20-23-26-29-33-37-41-44(46(49)50)43(39-35-31-8-6-4-2)40-36-32-28-25-22-21-24-27-30-34-38-42-45(47)48/h13-14,43-44H,3-12,15-42H2,1-2H3,(H,47,48)(H,49,50)/b14-13-. The van der Waals surface area contributed by atoms with Gasteiger partial charge in [-0.25, -0.2) is 0 Å². The molecule has 0 aliphatic carbocycles. The fourth-order valence-corrected chi connectivity index (χ4v) is 7.71. The molecule has 0 heterocycles. The van der Waals surface area contributed by atoms with E-state index in [4.69, 9.17) is 5.11 Å². The van der Waals surface area contributed by atoms with E-state index >= 15 is 0 Å². The van der Waals surface area contributed by atoms with E-state index in [-0.39, 0.29) is 5.92 Å². The Bertz CT molecular complexity index is 732. The molecule has 0 bridgehead atoms. The number of carbonyl (C=O) groups is 2. The van der Waals surface area contributed by atoms with Crippen LogP contribution in [-0.2, 0) is 9.59 Å². The van der Waals surface area contributed by atoms with Crippen molar-refractivity contribution < 1.29 is 19.8 Å². The van der Waals surface area contributed by atoms with Gasteiger partial charge in [-0.15, -0.1) is 0 Å². The Morgan fingerprint density at radius 2 is 0.700 bits per heavy atom. The lowest BCUT2D eigenvalue weighted by molar-refractivity contribution is -0.144. The Morgan fingerprint density at radius 3 is 1.04 bits per heavy atom. The molecule has 0 aliphatic heterocycles. The van der Waals surface area contributed by atoms with E-state index in [1.54, 1.807) is 0 Å². The van der Waals surface area contributed by atoms with E-state index in [9.17, 15) is 14.7 Å². The molecule has 0 aliphatic rings. The van der Waals surface area contributed by atoms with Crippen LogP contribution in [0, 0.1) is 11.8 Å². The monoisotopic (exact) mass is 705 g/mol. The molecule has 0 amide bonds. The van der Waals surface area contributed by atoms with Crippen molar-refractivity contribution in [3.05, 3.63) is 12.2 Å². The minimum atomic E-state index is -0.674. The third kappa shape index (κ3) is 36.5. The van der Waals surface area contributed by atoms with Crippen LogP contribution in [0.15, 0.2) is 12.2 Å². The SMILES string of the molecule is CCCCCCCC/C=C\CCCCCCCCCCCCC(C(=O)O)C(CCCCCCC)CCCCCCCCCCCCCC(=O)O. The number of unbranched alkanes of at least 4 members (excludes halogenated alkanes) is 30. The van der Waals surface area contributed by atoms with Gasteiger partial charge < -0.3 is 10.2 Å². The molecule has 4 heteroatoms. The van der Waals surface area contributed by atoms with Crippen molar-refractivity contribution in [3.63, 3.8) is 0 Å². The number of carboxylic acid groups (broad SMARTS) is 2. The largest absolute Gasteiger partial charge is 0.481 e. The highest BCUT2D eigenvalue weighted by Gasteiger charge is 2.27. The van der Waals surface area contributed by atoms with Gasteiger partial charge in [-0.2, -0.15) is 0 Å². The lowest BCUT2D eigenvalue weighted by Gasteiger charge is -2.24. The Hall–Kier alpha value is -1.32. The van der Waals surface area contributed by atoms with Gasteiger partial charge >= 0.3 is 11.9 Å². The maximum Gasteiger partial charge on any atom is 0.306 e. The molecule has 0 fully saturated rings. The Balaban J connectivity index is 4.04. The van der Waals surface area contributed by atoms with Crippen LogP contribution in [0.1, 0.15) is 258 Å². The highest BCUT2D eigenvalue weighted by atomic mass is 16.4. The summed E-state index contributed by atoms with van der Waals surface area (Å²) in [6.45, 7) is 4.54. The predicted molar refractivity (Wildman–Crippen MR) is 218 cm³/mol. The quantitative estimate of drug-likeness (QED) is 0.0490. The normalized spacial score (nSPS) is 12.9. The smallest absolute Gasteiger partial charge is 0.306 e. The van der Waals surface area contributed by atoms with E-state index in [2.05, 4.69) is 26.0 Å². The summed E-state index contributed by atoms with van der Waals surface area (Å²) in [6.07, 6.45) is 51.5. The first-order valence-electron chi connectivity index (χ1n) is 22.6. The van der Waals surface area contributed by atoms with E-state index in [0.717, 1.165) is 44.9 Å². The van der Waals surface area contributed by atoms with Crippen molar-refractivity contribution in [2.75, 3.05) is 0 Å². The van der Waals surface area contributed by atoms with Crippen LogP contribution in [0.5, 0.6) is 0 Å². The van der Waals surface area contributed by atoms with Gasteiger partial charge in [-0.3, -0.25) is 9.59 Å². The Labute approximate surface area is 312 Å². The third-order valence-corrected chi connectivity index (χ3v) is 11.1. The van der Waals surface area contributed by atoms with Gasteiger partial charge in [0.1, 0.15) is 0 Å². The second-order valence-corrected chi connectivity index (χ2v) is 15.9. The molecule has 0 aromatic heterocycles. The molecule has 0 radical (unpaired) electrons. The number of allylic oxidation sites excluding steroid dienone is 2. The third-order valence-electron chi connectivity index (χ3n) is 11.1. The van der Waals surface area contributed by atoms with Crippen LogP contribution >= 0.6 is 0 Å². The van der Waals surface area contributed by atoms with Crippen LogP contribution in [0.3, 0.4) is 0 Å². The minimum absolute atomic E-state index is 0.151. The summed E-state index contributed by atoms with van der Waals surface area (Å²) in [5.74, 6) is -1.01. The van der Waals surface area contributed by atoms with Crippen LogP contribution < -0.4 is 0 Å². The first kappa shape index (κ1) is 48.7. The zero-order chi connectivity index (χ0) is 36.6. The van der Waals surface area contributed by atoms with Gasteiger partial charge in [0.15, 0.2) is 0 Å². The molecule has 50 heavy (non-hydrogen) atoms. The summed E-state index contributed by atoms with van der Waals surface area (Å²) < 4.78 is 0. The molecule has 0 saturated heterocycles. The summed E-state index contributed by atoms with van der Waals surface area (Å²) in [6, 6.07) is 0. The average Bonchev–Trinajstić information content (AvgIpc) is 3.10. The van der Waals surface area contributed by atoms with Crippen molar-refractivity contribution in [1.82, 2.24) is 0 Å². The fraction of sp³-hybridized carbons (Fsp3) is 0.913. The topological polar surface area (TPSA) is 74.6 Å². The van der Waals surface area contributed by atoms with Crippen LogP contribution in [0.4, 0.5) is 0 Å². The average molecular weight is 705 g/mol. The lowest BCUT2D eigenvalue weighted by Crippen LogP contribution is -2.24. The lowest BCUT2D eigenvalue weighted by atomic mass is 9.80. The number of hydrogen-bond acceptors (Lipinski definition) is 2. The van der Waals surface area contributed by atoms with Crippen LogP contribution in [-0.4, -0.2) is 22.2 Å². The molecule has 0 rings (SSSR count). The van der Waals surface area contributed by atoms with E-state index < -0.39 is 11.9 Å². The van der Waals surface area contributed by atoms with Gasteiger partial charge in [-0.1, -0.05) is 212 Å². The van der Waals surface area contributed by atoms with Gasteiger partial charge in [0.25, 0.3) is 0 Å². The maximum atomic E-state index is 12.4. The molecule has 0 aromatic carbocycles. The molecule has 296 valence electrons. The van der Waals surface area contributed by atoms with E-state index in [1.807, 2.05) is 0 Å². The molecule has 2 atom stereocenters. The second kappa shape index (κ2) is 40.5. The number of carboxylic acids is 2. The first-order valence-corrected chi connectivity index (χ1v) is 22.6. The summed E-state index contributed by atoms with van der Waals surface area (Å²) in [5, 5.41) is 19.0. The predicted octanol–water partition coefficient (Wildman–Crippen LogP) is 15.8. The number of aliphatic carboxylic acids is 2. The summed E-state index contributed by atoms with van der Waals surface area (Å²) in [7, 11) is 0. The van der Waals surface area contributed by atoms with Crippen molar-refractivity contribution >= 4 is 11.9 Å². The van der Waals surface area contributed by atoms with Gasteiger partial charge in [0.05, 0.1) is 5.92 Å². The highest BCUT2D eigenvalue weighted by molar-refractivity contribution is 5.70. The summed E-state index contributed by atoms with van der Waals surface area (Å²) >= 11 is 0. The second-order valence-electron chi connectivity index (χ2n) is 15.9. The van der Waals surface area contributed by atoms with Gasteiger partial charge in [-0.05, 0) is 57.3 Å². The Kier molecular flexibility index (Phi) is 39.4. The molecule has 2 unspecified atom stereocenters. The molecule has 0 saturated carbocycles. The fourth-order valence-electron chi connectivity index (χ4n) is 7.71. The van der Waals surface area contributed by atoms with E-state index in [0.29, 0.717) is 12.3 Å². The zero-order valence-electron chi connectivity index (χ0n) is 33.9. The molecular weight excluding hydrogens is 617 g/mol. The molecule has 4 nitrogen and oxygen atoms in total. The van der Waals surface area contributed by atoms with Gasteiger partial charge in [0.2, 0.25) is 0 Å². The number of rotatable bonds is 42. The minimum Gasteiger partial charge on any atom is -0.481 e. The molecular formula is C46H88O4. The molecule has 2 N–H and O–H groups in total. The van der Waals surface area contributed by atoms with Crippen molar-refractivity contribution in [2.24, 2.45) is 11.8 Å². The van der Waals surface area contributed by atoms with Crippen molar-refractivity contribution in [3.8, 4) is 0 Å². The zero-order valence-corrected chi connectivity index (χ0v) is 33.9. The highest BCUT2D eigenvalue weighted by Crippen LogP contribution is 2.30. The maximum absolute atomic E-state index is 12.4. The summed E-state index contributed by atoms with van der Waals surface area (Å²) in [4.78, 5) is 23.0. The van der Waals surface area contributed by atoms with Crippen LogP contribution in [0.25, 0.3) is 0 Å².